The van der Waals surface area contributed by atoms with Gasteiger partial charge in [-0.3, -0.25) is 4.79 Å². The largest absolute Gasteiger partial charge is 0.337 e. The Kier molecular flexibility index (Phi) is 5.18. The van der Waals surface area contributed by atoms with E-state index in [-0.39, 0.29) is 22.2 Å². The Bertz CT molecular complexity index is 1320. The molecular formula is C24H22N2O3S. The Hall–Kier alpha value is -3.38. The van der Waals surface area contributed by atoms with Crippen LogP contribution in [0.15, 0.2) is 88.8 Å². The van der Waals surface area contributed by atoms with E-state index in [1.807, 2.05) is 44.2 Å². The van der Waals surface area contributed by atoms with Crippen molar-refractivity contribution in [1.29, 1.82) is 0 Å². The maximum Gasteiger partial charge on any atom is 0.244 e. The molecule has 0 spiro atoms. The van der Waals surface area contributed by atoms with Gasteiger partial charge in [-0.2, -0.15) is 0 Å². The number of sulfone groups is 1. The van der Waals surface area contributed by atoms with E-state index in [9.17, 15) is 13.2 Å². The van der Waals surface area contributed by atoms with E-state index in [1.54, 1.807) is 53.2 Å². The molecule has 30 heavy (non-hydrogen) atoms. The first-order valence-electron chi connectivity index (χ1n) is 9.61. The average molecular weight is 419 g/mol. The first-order chi connectivity index (χ1) is 14.3. The first-order valence-corrected chi connectivity index (χ1v) is 11.1. The van der Waals surface area contributed by atoms with Crippen LogP contribution in [0, 0.1) is 13.8 Å². The molecule has 0 fully saturated rings. The highest BCUT2D eigenvalue weighted by atomic mass is 32.2. The van der Waals surface area contributed by atoms with Crippen molar-refractivity contribution in [3.05, 3.63) is 90.1 Å². The molecule has 5 nitrogen and oxygen atoms in total. The summed E-state index contributed by atoms with van der Waals surface area (Å²) < 4.78 is 28.1. The van der Waals surface area contributed by atoms with Crippen molar-refractivity contribution in [1.82, 2.24) is 4.57 Å². The van der Waals surface area contributed by atoms with Crippen LogP contribution in [-0.2, 0) is 21.2 Å². The average Bonchev–Trinajstić information content (AvgIpc) is 3.07. The van der Waals surface area contributed by atoms with Gasteiger partial charge in [-0.25, -0.2) is 8.42 Å². The van der Waals surface area contributed by atoms with Crippen molar-refractivity contribution in [2.24, 2.45) is 0 Å². The molecule has 1 aromatic heterocycles. The van der Waals surface area contributed by atoms with Gasteiger partial charge < -0.3 is 9.88 Å². The van der Waals surface area contributed by atoms with Gasteiger partial charge >= 0.3 is 0 Å². The number of carbonyl (C=O) groups excluding carboxylic acids is 1. The lowest BCUT2D eigenvalue weighted by Gasteiger charge is -2.09. The fourth-order valence-electron chi connectivity index (χ4n) is 3.69. The van der Waals surface area contributed by atoms with Gasteiger partial charge in [-0.1, -0.05) is 42.5 Å². The van der Waals surface area contributed by atoms with Gasteiger partial charge in [0.2, 0.25) is 15.7 Å². The van der Waals surface area contributed by atoms with E-state index in [0.29, 0.717) is 10.9 Å². The van der Waals surface area contributed by atoms with Crippen molar-refractivity contribution in [2.45, 2.75) is 30.2 Å². The molecule has 0 aliphatic rings. The number of fused-ring (bicyclic) bond motifs is 1. The first kappa shape index (κ1) is 19.9. The van der Waals surface area contributed by atoms with Gasteiger partial charge in [0, 0.05) is 22.8 Å². The molecule has 0 saturated carbocycles. The van der Waals surface area contributed by atoms with E-state index in [2.05, 4.69) is 5.32 Å². The molecule has 1 heterocycles. The normalized spacial score (nSPS) is 11.5. The third kappa shape index (κ3) is 3.86. The molecule has 1 amide bonds. The Labute approximate surface area is 175 Å². The SMILES string of the molecule is Cc1cc(C)cc(NC(=O)Cn2cc(S(=O)(=O)c3ccccc3)c3ccccc32)c1. The summed E-state index contributed by atoms with van der Waals surface area (Å²) in [6.45, 7) is 3.96. The molecule has 1 N–H and O–H groups in total. The van der Waals surface area contributed by atoms with E-state index in [0.717, 1.165) is 16.8 Å². The highest BCUT2D eigenvalue weighted by molar-refractivity contribution is 7.91. The fourth-order valence-corrected chi connectivity index (χ4v) is 5.18. The van der Waals surface area contributed by atoms with Crippen LogP contribution >= 0.6 is 0 Å². The summed E-state index contributed by atoms with van der Waals surface area (Å²) in [4.78, 5) is 13.1. The number of rotatable bonds is 5. The van der Waals surface area contributed by atoms with Gasteiger partial charge in [0.1, 0.15) is 6.54 Å². The molecule has 152 valence electrons. The second kappa shape index (κ2) is 7.80. The molecular weight excluding hydrogens is 396 g/mol. The monoisotopic (exact) mass is 418 g/mol. The van der Waals surface area contributed by atoms with Gasteiger partial charge in [0.25, 0.3) is 0 Å². The third-order valence-corrected chi connectivity index (χ3v) is 6.71. The Balaban J connectivity index is 1.70. The van der Waals surface area contributed by atoms with Crippen LogP contribution in [0.4, 0.5) is 5.69 Å². The minimum atomic E-state index is -3.70. The van der Waals surface area contributed by atoms with Gasteiger partial charge in [-0.15, -0.1) is 0 Å². The number of aromatic nitrogens is 1. The molecule has 0 aliphatic heterocycles. The number of anilines is 1. The Morgan fingerprint density at radius 1 is 0.900 bits per heavy atom. The molecule has 0 saturated heterocycles. The summed E-state index contributed by atoms with van der Waals surface area (Å²) in [6, 6.07) is 21.4. The zero-order valence-electron chi connectivity index (χ0n) is 16.8. The number of nitrogens with zero attached hydrogens (tertiary/aromatic N) is 1. The lowest BCUT2D eigenvalue weighted by Crippen LogP contribution is -2.18. The third-order valence-electron chi connectivity index (χ3n) is 4.91. The highest BCUT2D eigenvalue weighted by Crippen LogP contribution is 2.30. The van der Waals surface area contributed by atoms with Crippen LogP contribution in [0.3, 0.4) is 0 Å². The van der Waals surface area contributed by atoms with Gasteiger partial charge in [0.15, 0.2) is 0 Å². The molecule has 0 atom stereocenters. The van der Waals surface area contributed by atoms with Crippen LogP contribution in [0.5, 0.6) is 0 Å². The minimum absolute atomic E-state index is 0.0117. The minimum Gasteiger partial charge on any atom is -0.337 e. The molecule has 3 aromatic carbocycles. The van der Waals surface area contributed by atoms with E-state index in [4.69, 9.17) is 0 Å². The maximum atomic E-state index is 13.2. The topological polar surface area (TPSA) is 68.2 Å². The standard InChI is InChI=1S/C24H22N2O3S/c1-17-12-18(2)14-19(13-17)25-24(27)16-26-15-23(21-10-6-7-11-22(21)26)30(28,29)20-8-4-3-5-9-20/h3-15H,16H2,1-2H3,(H,25,27). The van der Waals surface area contributed by atoms with Crippen LogP contribution in [-0.4, -0.2) is 18.9 Å². The number of aryl methyl sites for hydroxylation is 2. The number of para-hydroxylation sites is 1. The zero-order valence-corrected chi connectivity index (χ0v) is 17.6. The Morgan fingerprint density at radius 3 is 2.23 bits per heavy atom. The van der Waals surface area contributed by atoms with Crippen molar-refractivity contribution in [2.75, 3.05) is 5.32 Å². The second-order valence-electron chi connectivity index (χ2n) is 7.38. The lowest BCUT2D eigenvalue weighted by atomic mass is 10.1. The Morgan fingerprint density at radius 2 is 1.53 bits per heavy atom. The van der Waals surface area contributed by atoms with E-state index in [1.165, 1.54) is 0 Å². The van der Waals surface area contributed by atoms with Crippen molar-refractivity contribution >= 4 is 32.3 Å². The van der Waals surface area contributed by atoms with E-state index < -0.39 is 9.84 Å². The van der Waals surface area contributed by atoms with E-state index >= 15 is 0 Å². The molecule has 0 aliphatic carbocycles. The smallest absolute Gasteiger partial charge is 0.244 e. The summed E-state index contributed by atoms with van der Waals surface area (Å²) in [6.07, 6.45) is 1.55. The van der Waals surface area contributed by atoms with Crippen LogP contribution in [0.1, 0.15) is 11.1 Å². The van der Waals surface area contributed by atoms with Crippen molar-refractivity contribution in [3.8, 4) is 0 Å². The molecule has 4 aromatic rings. The van der Waals surface area contributed by atoms with Crippen LogP contribution in [0.2, 0.25) is 0 Å². The summed E-state index contributed by atoms with van der Waals surface area (Å²) in [5.74, 6) is -0.218. The molecule has 6 heteroatoms. The summed E-state index contributed by atoms with van der Waals surface area (Å²) in [7, 11) is -3.70. The quantitative estimate of drug-likeness (QED) is 0.509. The number of carbonyl (C=O) groups is 1. The fraction of sp³-hybridized carbons (Fsp3) is 0.125. The maximum absolute atomic E-state index is 13.2. The number of amides is 1. The number of benzene rings is 3. The number of hydrogen-bond donors (Lipinski definition) is 1. The molecule has 0 bridgehead atoms. The van der Waals surface area contributed by atoms with Gasteiger partial charge in [-0.05, 0) is 55.3 Å². The van der Waals surface area contributed by atoms with Crippen LogP contribution < -0.4 is 5.32 Å². The van der Waals surface area contributed by atoms with Crippen LogP contribution in [0.25, 0.3) is 10.9 Å². The van der Waals surface area contributed by atoms with Gasteiger partial charge in [0.05, 0.1) is 9.79 Å². The summed E-state index contributed by atoms with van der Waals surface area (Å²) in [5, 5.41) is 3.50. The second-order valence-corrected chi connectivity index (χ2v) is 9.30. The molecule has 4 rings (SSSR count). The zero-order chi connectivity index (χ0) is 21.3. The summed E-state index contributed by atoms with van der Waals surface area (Å²) >= 11 is 0. The molecule has 0 unspecified atom stereocenters. The number of nitrogens with one attached hydrogen (secondary N) is 1. The number of hydrogen-bond acceptors (Lipinski definition) is 3. The summed E-state index contributed by atoms with van der Waals surface area (Å²) in [5.41, 5.74) is 3.55. The molecule has 0 radical (unpaired) electrons. The van der Waals surface area contributed by atoms with Crippen molar-refractivity contribution in [3.63, 3.8) is 0 Å². The predicted octanol–water partition coefficient (Wildman–Crippen LogP) is 4.73. The highest BCUT2D eigenvalue weighted by Gasteiger charge is 2.23. The van der Waals surface area contributed by atoms with Crippen molar-refractivity contribution < 1.29 is 13.2 Å². The predicted molar refractivity (Wildman–Crippen MR) is 118 cm³/mol. The lowest BCUT2D eigenvalue weighted by molar-refractivity contribution is -0.116.